The third kappa shape index (κ3) is 3.81. The van der Waals surface area contributed by atoms with Crippen LogP contribution in [0, 0.1) is 0 Å². The van der Waals surface area contributed by atoms with Gasteiger partial charge in [-0.25, -0.2) is 4.79 Å². The van der Waals surface area contributed by atoms with Crippen LogP contribution in [0.25, 0.3) is 0 Å². The topological polar surface area (TPSA) is 84.5 Å². The van der Waals surface area contributed by atoms with Crippen LogP contribution >= 0.6 is 0 Å². The molecule has 0 spiro atoms. The summed E-state index contributed by atoms with van der Waals surface area (Å²) in [6, 6.07) is 6.34. The molecule has 0 aromatic heterocycles. The maximum absolute atomic E-state index is 11.8. The van der Waals surface area contributed by atoms with Crippen molar-refractivity contribution >= 4 is 23.5 Å². The summed E-state index contributed by atoms with van der Waals surface area (Å²) in [6.45, 7) is 1.59. The van der Waals surface area contributed by atoms with E-state index in [-0.39, 0.29) is 24.5 Å². The molecule has 0 unspecified atom stereocenters. The Hall–Kier alpha value is -2.37. The molecule has 2 N–H and O–H groups in total. The summed E-state index contributed by atoms with van der Waals surface area (Å²) in [7, 11) is 0. The second kappa shape index (κ2) is 6.18. The minimum absolute atomic E-state index is 0.00860. The van der Waals surface area contributed by atoms with Gasteiger partial charge < -0.3 is 15.4 Å². The minimum Gasteiger partial charge on any atom is -0.460 e. The maximum Gasteiger partial charge on any atom is 0.338 e. The number of nitrogens with one attached hydrogen (secondary N) is 2. The number of rotatable bonds is 4. The van der Waals surface area contributed by atoms with Gasteiger partial charge in [0.1, 0.15) is 6.61 Å². The van der Waals surface area contributed by atoms with Crippen molar-refractivity contribution in [2.75, 3.05) is 11.9 Å². The van der Waals surface area contributed by atoms with Gasteiger partial charge in [0.2, 0.25) is 11.8 Å². The summed E-state index contributed by atoms with van der Waals surface area (Å²) in [6.07, 6.45) is 1.17. The molecule has 0 saturated carbocycles. The molecule has 1 heterocycles. The predicted octanol–water partition coefficient (Wildman–Crippen LogP) is 1.08. The van der Waals surface area contributed by atoms with Gasteiger partial charge in [0.15, 0.2) is 0 Å². The van der Waals surface area contributed by atoms with Crippen molar-refractivity contribution in [3.8, 4) is 0 Å². The van der Waals surface area contributed by atoms with Crippen LogP contribution in [-0.4, -0.2) is 30.4 Å². The Morgan fingerprint density at radius 1 is 1.35 bits per heavy atom. The SMILES string of the molecule is CC(=O)Nc1ccc(C(=O)OC[C@@H]2CCC(=O)N2)cc1. The first-order chi connectivity index (χ1) is 9.54. The highest BCUT2D eigenvalue weighted by Crippen LogP contribution is 2.12. The van der Waals surface area contributed by atoms with E-state index in [0.717, 1.165) is 0 Å². The quantitative estimate of drug-likeness (QED) is 0.806. The largest absolute Gasteiger partial charge is 0.460 e. The third-order valence-corrected chi connectivity index (χ3v) is 2.94. The van der Waals surface area contributed by atoms with Gasteiger partial charge in [-0.3, -0.25) is 9.59 Å². The van der Waals surface area contributed by atoms with Crippen LogP contribution in [-0.2, 0) is 14.3 Å². The number of carbonyl (C=O) groups excluding carboxylic acids is 3. The number of esters is 1. The van der Waals surface area contributed by atoms with E-state index in [1.807, 2.05) is 0 Å². The van der Waals surface area contributed by atoms with Crippen LogP contribution < -0.4 is 10.6 Å². The lowest BCUT2D eigenvalue weighted by molar-refractivity contribution is -0.119. The highest BCUT2D eigenvalue weighted by molar-refractivity contribution is 5.92. The highest BCUT2D eigenvalue weighted by atomic mass is 16.5. The Bertz CT molecular complexity index is 524. The molecular formula is C14H16N2O4. The lowest BCUT2D eigenvalue weighted by atomic mass is 10.2. The summed E-state index contributed by atoms with van der Waals surface area (Å²) < 4.78 is 5.14. The second-order valence-electron chi connectivity index (χ2n) is 4.66. The number of amides is 2. The van der Waals surface area contributed by atoms with E-state index in [1.54, 1.807) is 24.3 Å². The van der Waals surface area contributed by atoms with Crippen LogP contribution in [0.4, 0.5) is 5.69 Å². The highest BCUT2D eigenvalue weighted by Gasteiger charge is 2.22. The maximum atomic E-state index is 11.8. The van der Waals surface area contributed by atoms with Crippen molar-refractivity contribution < 1.29 is 19.1 Å². The normalized spacial score (nSPS) is 17.4. The third-order valence-electron chi connectivity index (χ3n) is 2.94. The minimum atomic E-state index is -0.444. The second-order valence-corrected chi connectivity index (χ2v) is 4.66. The molecule has 20 heavy (non-hydrogen) atoms. The summed E-state index contributed by atoms with van der Waals surface area (Å²) >= 11 is 0. The molecule has 2 rings (SSSR count). The first kappa shape index (κ1) is 14.0. The fourth-order valence-corrected chi connectivity index (χ4v) is 1.95. The van der Waals surface area contributed by atoms with Crippen molar-refractivity contribution in [1.82, 2.24) is 5.32 Å². The average Bonchev–Trinajstić information content (AvgIpc) is 2.82. The van der Waals surface area contributed by atoms with Crippen LogP contribution in [0.3, 0.4) is 0 Å². The Morgan fingerprint density at radius 2 is 2.05 bits per heavy atom. The lowest BCUT2D eigenvalue weighted by Crippen LogP contribution is -2.30. The standard InChI is InChI=1S/C14H16N2O4/c1-9(17)15-11-4-2-10(3-5-11)14(19)20-8-12-6-7-13(18)16-12/h2-5,12H,6-8H2,1H3,(H,15,17)(H,16,18)/t12-/m0/s1. The first-order valence-corrected chi connectivity index (χ1v) is 6.39. The molecule has 1 fully saturated rings. The van der Waals surface area contributed by atoms with Crippen LogP contribution in [0.15, 0.2) is 24.3 Å². The Balaban J connectivity index is 1.85. The number of hydrogen-bond donors (Lipinski definition) is 2. The molecule has 1 atom stereocenters. The molecule has 1 aromatic rings. The molecule has 2 amide bonds. The Labute approximate surface area is 116 Å². The smallest absolute Gasteiger partial charge is 0.338 e. The van der Waals surface area contributed by atoms with E-state index < -0.39 is 5.97 Å². The van der Waals surface area contributed by atoms with E-state index in [1.165, 1.54) is 6.92 Å². The molecular weight excluding hydrogens is 260 g/mol. The van der Waals surface area contributed by atoms with Crippen molar-refractivity contribution in [1.29, 1.82) is 0 Å². The summed E-state index contributed by atoms with van der Waals surface area (Å²) in [5, 5.41) is 5.34. The predicted molar refractivity (Wildman–Crippen MR) is 72.2 cm³/mol. The van der Waals surface area contributed by atoms with Crippen LogP contribution in [0.2, 0.25) is 0 Å². The molecule has 0 bridgehead atoms. The van der Waals surface area contributed by atoms with E-state index in [9.17, 15) is 14.4 Å². The van der Waals surface area contributed by atoms with Crippen molar-refractivity contribution in [2.24, 2.45) is 0 Å². The van der Waals surface area contributed by atoms with Crippen LogP contribution in [0.5, 0.6) is 0 Å². The Kier molecular flexibility index (Phi) is 4.34. The van der Waals surface area contributed by atoms with Gasteiger partial charge >= 0.3 is 5.97 Å². The van der Waals surface area contributed by atoms with Crippen molar-refractivity contribution in [3.63, 3.8) is 0 Å². The number of hydrogen-bond acceptors (Lipinski definition) is 4. The van der Waals surface area contributed by atoms with Crippen LogP contribution in [0.1, 0.15) is 30.1 Å². The number of anilines is 1. The zero-order valence-corrected chi connectivity index (χ0v) is 11.1. The summed E-state index contributed by atoms with van der Waals surface area (Å²) in [4.78, 5) is 33.7. The number of benzene rings is 1. The van der Waals surface area contributed by atoms with E-state index >= 15 is 0 Å². The number of carbonyl (C=O) groups is 3. The van der Waals surface area contributed by atoms with E-state index in [0.29, 0.717) is 24.1 Å². The van der Waals surface area contributed by atoms with Gasteiger partial charge in [-0.15, -0.1) is 0 Å². The van der Waals surface area contributed by atoms with Gasteiger partial charge in [-0.05, 0) is 30.7 Å². The molecule has 1 aromatic carbocycles. The molecule has 0 aliphatic carbocycles. The van der Waals surface area contributed by atoms with E-state index in [2.05, 4.69) is 10.6 Å². The lowest BCUT2D eigenvalue weighted by Gasteiger charge is -2.11. The van der Waals surface area contributed by atoms with Crippen molar-refractivity contribution in [3.05, 3.63) is 29.8 Å². The average molecular weight is 276 g/mol. The Morgan fingerprint density at radius 3 is 2.60 bits per heavy atom. The van der Waals surface area contributed by atoms with Gasteiger partial charge in [0.25, 0.3) is 0 Å². The fourth-order valence-electron chi connectivity index (χ4n) is 1.95. The molecule has 1 saturated heterocycles. The van der Waals surface area contributed by atoms with Crippen molar-refractivity contribution in [2.45, 2.75) is 25.8 Å². The molecule has 1 aliphatic heterocycles. The summed E-state index contributed by atoms with van der Waals surface area (Å²) in [5.41, 5.74) is 1.03. The molecule has 0 radical (unpaired) electrons. The van der Waals surface area contributed by atoms with Gasteiger partial charge in [0, 0.05) is 19.0 Å². The molecule has 6 nitrogen and oxygen atoms in total. The number of ether oxygens (including phenoxy) is 1. The fraction of sp³-hybridized carbons (Fsp3) is 0.357. The molecule has 1 aliphatic rings. The van der Waals surface area contributed by atoms with E-state index in [4.69, 9.17) is 4.74 Å². The molecule has 6 heteroatoms. The monoisotopic (exact) mass is 276 g/mol. The summed E-state index contributed by atoms with van der Waals surface area (Å²) in [5.74, 6) is -0.622. The van der Waals surface area contributed by atoms with Gasteiger partial charge in [0.05, 0.1) is 11.6 Å². The molecule has 106 valence electrons. The first-order valence-electron chi connectivity index (χ1n) is 6.39. The van der Waals surface area contributed by atoms with Gasteiger partial charge in [-0.1, -0.05) is 0 Å². The zero-order valence-electron chi connectivity index (χ0n) is 11.1. The zero-order chi connectivity index (χ0) is 14.5. The van der Waals surface area contributed by atoms with Gasteiger partial charge in [-0.2, -0.15) is 0 Å².